The fourth-order valence-corrected chi connectivity index (χ4v) is 2.41. The van der Waals surface area contributed by atoms with Gasteiger partial charge in [0.15, 0.2) is 0 Å². The van der Waals surface area contributed by atoms with E-state index in [9.17, 15) is 12.8 Å². The molecule has 0 fully saturated rings. The zero-order valence-electron chi connectivity index (χ0n) is 9.24. The van der Waals surface area contributed by atoms with Gasteiger partial charge in [0, 0.05) is 12.3 Å². The van der Waals surface area contributed by atoms with Gasteiger partial charge in [0.1, 0.15) is 5.82 Å². The third kappa shape index (κ3) is 5.01. The van der Waals surface area contributed by atoms with Gasteiger partial charge in [-0.3, -0.25) is 4.72 Å². The van der Waals surface area contributed by atoms with Gasteiger partial charge in [0.2, 0.25) is 10.0 Å². The standard InChI is InChI=1S/C10H13BrFNO3S/c1-2-16-5-6-17(14,15)13-8-3-4-10(12)9(11)7-8/h3-4,7,13H,2,5-6H2,1H3. The first-order valence-corrected chi connectivity index (χ1v) is 7.42. The van der Waals surface area contributed by atoms with Gasteiger partial charge in [0.05, 0.1) is 16.8 Å². The van der Waals surface area contributed by atoms with Crippen molar-refractivity contribution in [3.63, 3.8) is 0 Å². The highest BCUT2D eigenvalue weighted by molar-refractivity contribution is 9.10. The zero-order valence-corrected chi connectivity index (χ0v) is 11.6. The Bertz CT molecular complexity index is 478. The Balaban J connectivity index is 2.66. The maximum atomic E-state index is 12.9. The second kappa shape index (κ2) is 6.32. The second-order valence-electron chi connectivity index (χ2n) is 3.25. The van der Waals surface area contributed by atoms with Crippen molar-refractivity contribution >= 4 is 31.6 Å². The van der Waals surface area contributed by atoms with E-state index in [0.717, 1.165) is 0 Å². The van der Waals surface area contributed by atoms with Gasteiger partial charge in [-0.05, 0) is 41.1 Å². The van der Waals surface area contributed by atoms with Gasteiger partial charge >= 0.3 is 0 Å². The Morgan fingerprint density at radius 2 is 2.18 bits per heavy atom. The molecule has 0 aliphatic carbocycles. The molecule has 0 bridgehead atoms. The van der Waals surface area contributed by atoms with Crippen LogP contribution in [0.2, 0.25) is 0 Å². The van der Waals surface area contributed by atoms with Crippen LogP contribution in [0.4, 0.5) is 10.1 Å². The number of rotatable bonds is 6. The summed E-state index contributed by atoms with van der Waals surface area (Å²) in [5.41, 5.74) is 0.315. The first kappa shape index (κ1) is 14.4. The molecule has 4 nitrogen and oxygen atoms in total. The molecule has 0 aliphatic rings. The molecule has 1 rings (SSSR count). The lowest BCUT2D eigenvalue weighted by atomic mass is 10.3. The smallest absolute Gasteiger partial charge is 0.235 e. The van der Waals surface area contributed by atoms with Crippen LogP contribution >= 0.6 is 15.9 Å². The van der Waals surface area contributed by atoms with Crippen molar-refractivity contribution in [3.05, 3.63) is 28.5 Å². The molecule has 1 N–H and O–H groups in total. The van der Waals surface area contributed by atoms with E-state index in [2.05, 4.69) is 20.7 Å². The van der Waals surface area contributed by atoms with Crippen LogP contribution in [0, 0.1) is 5.82 Å². The summed E-state index contributed by atoms with van der Waals surface area (Å²) < 4.78 is 43.6. The molecule has 0 spiro atoms. The number of hydrogen-bond acceptors (Lipinski definition) is 3. The monoisotopic (exact) mass is 325 g/mol. The second-order valence-corrected chi connectivity index (χ2v) is 5.94. The summed E-state index contributed by atoms with van der Waals surface area (Å²) in [6, 6.07) is 3.91. The molecule has 0 saturated heterocycles. The minimum Gasteiger partial charge on any atom is -0.381 e. The Morgan fingerprint density at radius 1 is 1.47 bits per heavy atom. The molecule has 0 aliphatic heterocycles. The Morgan fingerprint density at radius 3 is 2.76 bits per heavy atom. The van der Waals surface area contributed by atoms with Gasteiger partial charge in [-0.2, -0.15) is 0 Å². The van der Waals surface area contributed by atoms with Crippen LogP contribution in [-0.2, 0) is 14.8 Å². The van der Waals surface area contributed by atoms with E-state index in [1.54, 1.807) is 6.92 Å². The van der Waals surface area contributed by atoms with E-state index in [1.165, 1.54) is 18.2 Å². The summed E-state index contributed by atoms with van der Waals surface area (Å²) in [5, 5.41) is 0. The fraction of sp³-hybridized carbons (Fsp3) is 0.400. The molecule has 0 atom stereocenters. The highest BCUT2D eigenvalue weighted by atomic mass is 79.9. The highest BCUT2D eigenvalue weighted by Gasteiger charge is 2.11. The predicted octanol–water partition coefficient (Wildman–Crippen LogP) is 2.37. The number of ether oxygens (including phenoxy) is 1. The molecule has 1 aromatic carbocycles. The van der Waals surface area contributed by atoms with E-state index in [0.29, 0.717) is 12.3 Å². The highest BCUT2D eigenvalue weighted by Crippen LogP contribution is 2.20. The van der Waals surface area contributed by atoms with Gasteiger partial charge < -0.3 is 4.74 Å². The van der Waals surface area contributed by atoms with Crippen molar-refractivity contribution in [2.24, 2.45) is 0 Å². The average Bonchev–Trinajstić information content (AvgIpc) is 2.23. The van der Waals surface area contributed by atoms with Crippen LogP contribution in [0.3, 0.4) is 0 Å². The van der Waals surface area contributed by atoms with E-state index in [4.69, 9.17) is 4.74 Å². The van der Waals surface area contributed by atoms with Crippen molar-refractivity contribution in [1.82, 2.24) is 0 Å². The molecule has 0 unspecified atom stereocenters. The maximum absolute atomic E-state index is 12.9. The maximum Gasteiger partial charge on any atom is 0.235 e. The van der Waals surface area contributed by atoms with E-state index in [-0.39, 0.29) is 16.8 Å². The largest absolute Gasteiger partial charge is 0.381 e. The number of benzene rings is 1. The minimum atomic E-state index is -3.45. The van der Waals surface area contributed by atoms with Gasteiger partial charge in [0.25, 0.3) is 0 Å². The SMILES string of the molecule is CCOCCS(=O)(=O)Nc1ccc(F)c(Br)c1. The average molecular weight is 326 g/mol. The van der Waals surface area contributed by atoms with Crippen LogP contribution in [-0.4, -0.2) is 27.4 Å². The van der Waals surface area contributed by atoms with Crippen LogP contribution in [0.1, 0.15) is 6.92 Å². The van der Waals surface area contributed by atoms with Gasteiger partial charge in [-0.1, -0.05) is 0 Å². The van der Waals surface area contributed by atoms with Crippen LogP contribution in [0.25, 0.3) is 0 Å². The normalized spacial score (nSPS) is 11.5. The fourth-order valence-electron chi connectivity index (χ4n) is 1.10. The van der Waals surface area contributed by atoms with Crippen LogP contribution < -0.4 is 4.72 Å². The molecule has 0 aromatic heterocycles. The van der Waals surface area contributed by atoms with Crippen molar-refractivity contribution in [2.75, 3.05) is 23.7 Å². The molecule has 17 heavy (non-hydrogen) atoms. The number of sulfonamides is 1. The van der Waals surface area contributed by atoms with Crippen molar-refractivity contribution < 1.29 is 17.5 Å². The number of hydrogen-bond donors (Lipinski definition) is 1. The zero-order chi connectivity index (χ0) is 12.9. The quantitative estimate of drug-likeness (QED) is 0.817. The Kier molecular flexibility index (Phi) is 5.35. The van der Waals surface area contributed by atoms with Gasteiger partial charge in [-0.25, -0.2) is 12.8 Å². The molecule has 1 aromatic rings. The topological polar surface area (TPSA) is 55.4 Å². The molecule has 0 heterocycles. The van der Waals surface area contributed by atoms with E-state index < -0.39 is 15.8 Å². The van der Waals surface area contributed by atoms with E-state index in [1.807, 2.05) is 0 Å². The lowest BCUT2D eigenvalue weighted by Crippen LogP contribution is -2.20. The summed E-state index contributed by atoms with van der Waals surface area (Å²) in [4.78, 5) is 0. The van der Waals surface area contributed by atoms with Crippen LogP contribution in [0.5, 0.6) is 0 Å². The molecule has 0 amide bonds. The molecule has 7 heteroatoms. The molecule has 96 valence electrons. The predicted molar refractivity (Wildman–Crippen MR) is 68.0 cm³/mol. The molecular weight excluding hydrogens is 313 g/mol. The third-order valence-corrected chi connectivity index (χ3v) is 3.75. The Hall–Kier alpha value is -0.660. The molecular formula is C10H13BrFNO3S. The third-order valence-electron chi connectivity index (χ3n) is 1.89. The number of anilines is 1. The number of nitrogens with one attached hydrogen (secondary N) is 1. The van der Waals surface area contributed by atoms with Crippen molar-refractivity contribution in [2.45, 2.75) is 6.92 Å². The first-order chi connectivity index (χ1) is 7.94. The summed E-state index contributed by atoms with van der Waals surface area (Å²) in [6.07, 6.45) is 0. The number of halogens is 2. The van der Waals surface area contributed by atoms with Crippen molar-refractivity contribution in [3.8, 4) is 0 Å². The van der Waals surface area contributed by atoms with Crippen LogP contribution in [0.15, 0.2) is 22.7 Å². The molecule has 0 radical (unpaired) electrons. The van der Waals surface area contributed by atoms with Gasteiger partial charge in [-0.15, -0.1) is 0 Å². The summed E-state index contributed by atoms with van der Waals surface area (Å²) in [5.74, 6) is -0.571. The van der Waals surface area contributed by atoms with Crippen molar-refractivity contribution in [1.29, 1.82) is 0 Å². The lowest BCUT2D eigenvalue weighted by molar-refractivity contribution is 0.163. The first-order valence-electron chi connectivity index (χ1n) is 4.98. The summed E-state index contributed by atoms with van der Waals surface area (Å²) >= 11 is 2.98. The summed E-state index contributed by atoms with van der Waals surface area (Å²) in [6.45, 7) is 2.39. The molecule has 0 saturated carbocycles. The lowest BCUT2D eigenvalue weighted by Gasteiger charge is -2.08. The summed E-state index contributed by atoms with van der Waals surface area (Å²) in [7, 11) is -3.45. The van der Waals surface area contributed by atoms with E-state index >= 15 is 0 Å². The minimum absolute atomic E-state index is 0.129. The Labute approximate surface area is 108 Å².